The first-order valence-electron chi connectivity index (χ1n) is 8.46. The Bertz CT molecular complexity index is 293. The van der Waals surface area contributed by atoms with Gasteiger partial charge in [-0.05, 0) is 73.9 Å². The van der Waals surface area contributed by atoms with Gasteiger partial charge < -0.3 is 4.43 Å². The zero-order chi connectivity index (χ0) is 12.2. The van der Waals surface area contributed by atoms with Gasteiger partial charge in [-0.1, -0.05) is 19.8 Å². The monoisotopic (exact) mass is 264 g/mol. The van der Waals surface area contributed by atoms with E-state index in [1.54, 1.807) is 6.42 Å². The van der Waals surface area contributed by atoms with Crippen molar-refractivity contribution in [3.63, 3.8) is 0 Å². The normalized spacial score (nSPS) is 48.8. The average molecular weight is 264 g/mol. The molecule has 0 N–H and O–H groups in total. The fourth-order valence-corrected chi connectivity index (χ4v) is 10.0. The van der Waals surface area contributed by atoms with Crippen LogP contribution < -0.4 is 0 Å². The zero-order valence-electron chi connectivity index (χ0n) is 11.9. The Labute approximate surface area is 113 Å². The predicted molar refractivity (Wildman–Crippen MR) is 77.0 cm³/mol. The molecule has 0 aromatic carbocycles. The third-order valence-corrected chi connectivity index (χ3v) is 11.3. The Hall–Kier alpha value is 0.177. The lowest BCUT2D eigenvalue weighted by atomic mass is 9.55. The van der Waals surface area contributed by atoms with E-state index in [9.17, 15) is 0 Å². The minimum absolute atomic E-state index is 0.711. The molecule has 1 nitrogen and oxygen atoms in total. The van der Waals surface area contributed by atoms with Crippen LogP contribution in [0.25, 0.3) is 0 Å². The summed E-state index contributed by atoms with van der Waals surface area (Å²) in [4.78, 5) is 0. The quantitative estimate of drug-likeness (QED) is 0.678. The van der Waals surface area contributed by atoms with Crippen LogP contribution in [0, 0.1) is 23.7 Å². The third-order valence-electron chi connectivity index (χ3n) is 6.69. The van der Waals surface area contributed by atoms with Crippen LogP contribution in [0.15, 0.2) is 0 Å². The average Bonchev–Trinajstić information content (AvgIpc) is 2.82. The molecular weight excluding hydrogens is 236 g/mol. The number of hydrogen-bond donors (Lipinski definition) is 0. The molecule has 5 fully saturated rings. The summed E-state index contributed by atoms with van der Waals surface area (Å²) in [5.74, 6) is 4.13. The Balaban J connectivity index is 1.51. The van der Waals surface area contributed by atoms with Gasteiger partial charge in [-0.2, -0.15) is 0 Å². The van der Waals surface area contributed by atoms with Crippen molar-refractivity contribution in [1.82, 2.24) is 0 Å². The van der Waals surface area contributed by atoms with Crippen LogP contribution in [0.4, 0.5) is 0 Å². The lowest BCUT2D eigenvalue weighted by molar-refractivity contribution is -0.0838. The minimum Gasteiger partial charge on any atom is -0.413 e. The molecule has 18 heavy (non-hydrogen) atoms. The molecule has 0 aromatic heterocycles. The summed E-state index contributed by atoms with van der Waals surface area (Å²) in [7, 11) is -1.27. The summed E-state index contributed by atoms with van der Waals surface area (Å²) in [6, 6.07) is 4.34. The third kappa shape index (κ3) is 1.83. The molecule has 0 spiro atoms. The van der Waals surface area contributed by atoms with Crippen molar-refractivity contribution in [2.45, 2.75) is 76.1 Å². The molecule has 5 rings (SSSR count). The van der Waals surface area contributed by atoms with Gasteiger partial charge in [-0.25, -0.2) is 0 Å². The summed E-state index contributed by atoms with van der Waals surface area (Å²) < 4.78 is 6.96. The molecule has 1 saturated heterocycles. The van der Waals surface area contributed by atoms with Gasteiger partial charge in [0.2, 0.25) is 0 Å². The molecule has 1 heterocycles. The second-order valence-corrected chi connectivity index (χ2v) is 12.1. The molecule has 0 aromatic rings. The molecule has 4 bridgehead atoms. The second-order valence-electron chi connectivity index (χ2n) is 7.76. The van der Waals surface area contributed by atoms with E-state index >= 15 is 0 Å². The van der Waals surface area contributed by atoms with E-state index in [-0.39, 0.29) is 0 Å². The van der Waals surface area contributed by atoms with Crippen LogP contribution in [0.1, 0.15) is 51.9 Å². The molecule has 4 saturated carbocycles. The van der Waals surface area contributed by atoms with Gasteiger partial charge in [0, 0.05) is 0 Å². The van der Waals surface area contributed by atoms with E-state index in [0.29, 0.717) is 6.10 Å². The Morgan fingerprint density at radius 3 is 1.94 bits per heavy atom. The van der Waals surface area contributed by atoms with Crippen molar-refractivity contribution < 1.29 is 4.43 Å². The summed E-state index contributed by atoms with van der Waals surface area (Å²) in [5.41, 5.74) is 0. The first kappa shape index (κ1) is 12.0. The van der Waals surface area contributed by atoms with Gasteiger partial charge in [0.15, 0.2) is 8.32 Å². The summed E-state index contributed by atoms with van der Waals surface area (Å²) in [5, 5.41) is 0. The molecule has 102 valence electrons. The lowest BCUT2D eigenvalue weighted by Crippen LogP contribution is -2.53. The van der Waals surface area contributed by atoms with Gasteiger partial charge in [-0.15, -0.1) is 0 Å². The van der Waals surface area contributed by atoms with Crippen molar-refractivity contribution in [3.05, 3.63) is 0 Å². The summed E-state index contributed by atoms with van der Waals surface area (Å²) in [6.45, 7) is 2.41. The Morgan fingerprint density at radius 1 is 0.889 bits per heavy atom. The fourth-order valence-electron chi connectivity index (χ4n) is 5.93. The highest BCUT2D eigenvalue weighted by molar-refractivity contribution is 6.74. The van der Waals surface area contributed by atoms with Crippen molar-refractivity contribution in [2.75, 3.05) is 0 Å². The number of hydrogen-bond acceptors (Lipinski definition) is 1. The van der Waals surface area contributed by atoms with Crippen LogP contribution in [-0.4, -0.2) is 14.4 Å². The molecule has 0 amide bonds. The molecular formula is C16H28OSi. The largest absolute Gasteiger partial charge is 0.413 e. The molecule has 0 radical (unpaired) electrons. The van der Waals surface area contributed by atoms with Gasteiger partial charge in [0.25, 0.3) is 0 Å². The second kappa shape index (κ2) is 4.34. The van der Waals surface area contributed by atoms with Crippen LogP contribution in [0.3, 0.4) is 0 Å². The van der Waals surface area contributed by atoms with E-state index in [4.69, 9.17) is 4.43 Å². The highest BCUT2D eigenvalue weighted by atomic mass is 28.4. The van der Waals surface area contributed by atoms with Crippen LogP contribution in [-0.2, 0) is 4.43 Å². The zero-order valence-corrected chi connectivity index (χ0v) is 12.9. The maximum atomic E-state index is 6.96. The fraction of sp³-hybridized carbons (Fsp3) is 1.00. The standard InChI is InChI=1S/C16H28OSi/c1-2-18(5-3-4-6-18)17-16-14-8-12-7-13(10-14)11-15(16)9-12/h12-16H,2-11H2,1H3. The van der Waals surface area contributed by atoms with Crippen molar-refractivity contribution in [3.8, 4) is 0 Å². The topological polar surface area (TPSA) is 9.23 Å². The van der Waals surface area contributed by atoms with Crippen LogP contribution in [0.2, 0.25) is 18.1 Å². The SMILES string of the molecule is CC[Si]1(OC2C3CC4CC(C3)CC2C4)CCCC1. The smallest absolute Gasteiger partial charge is 0.192 e. The van der Waals surface area contributed by atoms with Crippen molar-refractivity contribution in [1.29, 1.82) is 0 Å². The van der Waals surface area contributed by atoms with E-state index < -0.39 is 8.32 Å². The number of rotatable bonds is 3. The molecule has 1 aliphatic heterocycles. The Morgan fingerprint density at radius 2 is 1.44 bits per heavy atom. The maximum absolute atomic E-state index is 6.96. The maximum Gasteiger partial charge on any atom is 0.192 e. The van der Waals surface area contributed by atoms with E-state index in [0.717, 1.165) is 23.7 Å². The van der Waals surface area contributed by atoms with Gasteiger partial charge in [0.1, 0.15) is 0 Å². The lowest BCUT2D eigenvalue weighted by Gasteiger charge is -2.55. The molecule has 5 aliphatic rings. The molecule has 2 heteroatoms. The van der Waals surface area contributed by atoms with Gasteiger partial charge in [0.05, 0.1) is 6.10 Å². The van der Waals surface area contributed by atoms with Crippen molar-refractivity contribution >= 4 is 8.32 Å². The highest BCUT2D eigenvalue weighted by Crippen LogP contribution is 2.55. The molecule has 0 unspecified atom stereocenters. The Kier molecular flexibility index (Phi) is 2.88. The minimum atomic E-state index is -1.27. The first-order chi connectivity index (χ1) is 8.78. The van der Waals surface area contributed by atoms with Crippen molar-refractivity contribution in [2.24, 2.45) is 23.7 Å². The van der Waals surface area contributed by atoms with E-state index in [1.165, 1.54) is 56.7 Å². The first-order valence-corrected chi connectivity index (χ1v) is 11.0. The molecule has 4 aliphatic carbocycles. The predicted octanol–water partition coefficient (Wildman–Crippen LogP) is 4.59. The summed E-state index contributed by atoms with van der Waals surface area (Å²) in [6.07, 6.45) is 11.3. The van der Waals surface area contributed by atoms with Crippen LogP contribution in [0.5, 0.6) is 0 Å². The van der Waals surface area contributed by atoms with Gasteiger partial charge in [-0.3, -0.25) is 0 Å². The highest BCUT2D eigenvalue weighted by Gasteiger charge is 2.51. The van der Waals surface area contributed by atoms with Crippen LogP contribution >= 0.6 is 0 Å². The van der Waals surface area contributed by atoms with E-state index in [2.05, 4.69) is 6.92 Å². The molecule has 0 atom stereocenters. The summed E-state index contributed by atoms with van der Waals surface area (Å²) >= 11 is 0. The van der Waals surface area contributed by atoms with E-state index in [1.807, 2.05) is 0 Å². The van der Waals surface area contributed by atoms with Gasteiger partial charge >= 0.3 is 0 Å².